The molecule has 0 aromatic heterocycles. The van der Waals surface area contributed by atoms with Crippen LogP contribution in [0.15, 0.2) is 30.3 Å². The molecule has 1 rings (SSSR count). The van der Waals surface area contributed by atoms with Crippen molar-refractivity contribution in [1.29, 1.82) is 0 Å². The van der Waals surface area contributed by atoms with E-state index in [1.165, 1.54) is 0 Å². The van der Waals surface area contributed by atoms with Crippen LogP contribution in [-0.2, 0) is 0 Å². The van der Waals surface area contributed by atoms with E-state index in [0.717, 1.165) is 17.7 Å². The third-order valence-electron chi connectivity index (χ3n) is 1.68. The van der Waals surface area contributed by atoms with Gasteiger partial charge in [0.2, 0.25) is 0 Å². The van der Waals surface area contributed by atoms with Gasteiger partial charge in [-0.05, 0) is 24.1 Å². The Hall–Kier alpha value is -0.950. The maximum Gasteiger partial charge on any atom is 0.119 e. The van der Waals surface area contributed by atoms with Crippen molar-refractivity contribution in [2.45, 2.75) is 6.42 Å². The van der Waals surface area contributed by atoms with Gasteiger partial charge in [-0.3, -0.25) is 0 Å². The Morgan fingerprint density at radius 3 is 3.00 bits per heavy atom. The average Bonchev–Trinajstić information content (AvgIpc) is 2.19. The van der Waals surface area contributed by atoms with E-state index < -0.39 is 0 Å². The van der Waals surface area contributed by atoms with Gasteiger partial charge in [-0.25, -0.2) is 0 Å². The number of halogens is 1. The van der Waals surface area contributed by atoms with Crippen LogP contribution in [0.4, 0.5) is 0 Å². The van der Waals surface area contributed by atoms with Crippen LogP contribution in [0.5, 0.6) is 5.75 Å². The summed E-state index contributed by atoms with van der Waals surface area (Å²) in [5.41, 5.74) is 1.14. The predicted octanol–water partition coefficient (Wildman–Crippen LogP) is 3.34. The van der Waals surface area contributed by atoms with E-state index >= 15 is 0 Å². The zero-order chi connectivity index (χ0) is 9.52. The van der Waals surface area contributed by atoms with Crippen LogP contribution in [0.3, 0.4) is 0 Å². The number of ether oxygens (including phenoxy) is 1. The van der Waals surface area contributed by atoms with Crippen molar-refractivity contribution in [1.82, 2.24) is 0 Å². The van der Waals surface area contributed by atoms with Gasteiger partial charge in [-0.2, -0.15) is 0 Å². The number of benzene rings is 1. The maximum atomic E-state index is 5.55. The van der Waals surface area contributed by atoms with Crippen molar-refractivity contribution in [2.24, 2.45) is 0 Å². The van der Waals surface area contributed by atoms with Crippen LogP contribution in [-0.4, -0.2) is 13.0 Å². The molecule has 0 bridgehead atoms. The standard InChI is InChI=1S/C11H13ClO/c1-13-11-7-4-6-10(9-11)5-2-3-8-12/h2,4-7,9H,3,8H2,1H3. The summed E-state index contributed by atoms with van der Waals surface area (Å²) in [5.74, 6) is 1.55. The number of methoxy groups -OCH3 is 1. The molecule has 0 atom stereocenters. The van der Waals surface area contributed by atoms with Crippen molar-refractivity contribution < 1.29 is 4.74 Å². The van der Waals surface area contributed by atoms with Gasteiger partial charge in [0.05, 0.1) is 7.11 Å². The summed E-state index contributed by atoms with van der Waals surface area (Å²) in [6.07, 6.45) is 5.01. The van der Waals surface area contributed by atoms with E-state index in [1.54, 1.807) is 7.11 Å². The summed E-state index contributed by atoms with van der Waals surface area (Å²) in [6.45, 7) is 0. The molecule has 0 amide bonds. The van der Waals surface area contributed by atoms with Crippen molar-refractivity contribution >= 4 is 17.7 Å². The number of alkyl halides is 1. The van der Waals surface area contributed by atoms with Gasteiger partial charge in [-0.15, -0.1) is 11.6 Å². The molecule has 0 unspecified atom stereocenters. The second-order valence-corrected chi connectivity index (χ2v) is 3.03. The largest absolute Gasteiger partial charge is 0.497 e. The van der Waals surface area contributed by atoms with E-state index in [1.807, 2.05) is 30.3 Å². The Morgan fingerprint density at radius 1 is 1.46 bits per heavy atom. The minimum Gasteiger partial charge on any atom is -0.497 e. The Morgan fingerprint density at radius 2 is 2.31 bits per heavy atom. The van der Waals surface area contributed by atoms with E-state index in [9.17, 15) is 0 Å². The van der Waals surface area contributed by atoms with E-state index in [4.69, 9.17) is 16.3 Å². The first-order valence-corrected chi connectivity index (χ1v) is 4.77. The quantitative estimate of drug-likeness (QED) is 0.672. The molecule has 0 heterocycles. The zero-order valence-electron chi connectivity index (χ0n) is 7.66. The summed E-state index contributed by atoms with van der Waals surface area (Å²) in [7, 11) is 1.67. The van der Waals surface area contributed by atoms with Crippen LogP contribution in [0.25, 0.3) is 6.08 Å². The SMILES string of the molecule is COc1cccc(C=CCCCl)c1. The first-order valence-electron chi connectivity index (χ1n) is 4.23. The van der Waals surface area contributed by atoms with Crippen LogP contribution in [0, 0.1) is 0 Å². The second-order valence-electron chi connectivity index (χ2n) is 2.66. The summed E-state index contributed by atoms with van der Waals surface area (Å²) in [4.78, 5) is 0. The fourth-order valence-corrected chi connectivity index (χ4v) is 1.15. The van der Waals surface area contributed by atoms with Gasteiger partial charge in [0, 0.05) is 5.88 Å². The highest BCUT2D eigenvalue weighted by Crippen LogP contribution is 2.13. The van der Waals surface area contributed by atoms with Crippen molar-refractivity contribution in [3.8, 4) is 5.75 Å². The number of hydrogen-bond donors (Lipinski definition) is 0. The third kappa shape index (κ3) is 3.51. The highest BCUT2D eigenvalue weighted by Gasteiger charge is 1.90. The van der Waals surface area contributed by atoms with E-state index in [-0.39, 0.29) is 0 Å². The minimum absolute atomic E-state index is 0.667. The Labute approximate surface area is 84.0 Å². The predicted molar refractivity (Wildman–Crippen MR) is 57.4 cm³/mol. The average molecular weight is 197 g/mol. The molecule has 0 saturated heterocycles. The molecule has 0 N–H and O–H groups in total. The Kier molecular flexibility index (Phi) is 4.41. The van der Waals surface area contributed by atoms with Crippen LogP contribution < -0.4 is 4.74 Å². The highest BCUT2D eigenvalue weighted by molar-refractivity contribution is 6.17. The molecule has 0 spiro atoms. The number of allylic oxidation sites excluding steroid dienone is 1. The molecular weight excluding hydrogens is 184 g/mol. The van der Waals surface area contributed by atoms with Gasteiger partial charge < -0.3 is 4.74 Å². The summed E-state index contributed by atoms with van der Waals surface area (Å²) >= 11 is 5.55. The third-order valence-corrected chi connectivity index (χ3v) is 1.90. The summed E-state index contributed by atoms with van der Waals surface area (Å²) < 4.78 is 5.10. The number of rotatable bonds is 4. The van der Waals surface area contributed by atoms with Gasteiger partial charge in [0.15, 0.2) is 0 Å². The Balaban J connectivity index is 2.66. The lowest BCUT2D eigenvalue weighted by Gasteiger charge is -1.99. The summed E-state index contributed by atoms with van der Waals surface area (Å²) in [5, 5.41) is 0. The molecular formula is C11H13ClO. The lowest BCUT2D eigenvalue weighted by atomic mass is 10.2. The molecule has 1 aromatic carbocycles. The minimum atomic E-state index is 0.667. The lowest BCUT2D eigenvalue weighted by molar-refractivity contribution is 0.414. The summed E-state index contributed by atoms with van der Waals surface area (Å²) in [6, 6.07) is 7.93. The molecule has 70 valence electrons. The van der Waals surface area contributed by atoms with E-state index in [2.05, 4.69) is 6.08 Å². The maximum absolute atomic E-state index is 5.55. The molecule has 0 fully saturated rings. The molecule has 13 heavy (non-hydrogen) atoms. The van der Waals surface area contributed by atoms with Crippen molar-refractivity contribution in [2.75, 3.05) is 13.0 Å². The van der Waals surface area contributed by atoms with Gasteiger partial charge in [0.25, 0.3) is 0 Å². The van der Waals surface area contributed by atoms with Crippen LogP contribution >= 0.6 is 11.6 Å². The Bertz CT molecular complexity index is 281. The first kappa shape index (κ1) is 10.1. The van der Waals surface area contributed by atoms with Gasteiger partial charge >= 0.3 is 0 Å². The first-order chi connectivity index (χ1) is 6.36. The molecule has 0 aliphatic heterocycles. The fourth-order valence-electron chi connectivity index (χ4n) is 1.03. The molecule has 0 aliphatic rings. The fraction of sp³-hybridized carbons (Fsp3) is 0.273. The van der Waals surface area contributed by atoms with Crippen LogP contribution in [0.1, 0.15) is 12.0 Å². The molecule has 0 saturated carbocycles. The van der Waals surface area contributed by atoms with Gasteiger partial charge in [0.1, 0.15) is 5.75 Å². The van der Waals surface area contributed by atoms with Crippen LogP contribution in [0.2, 0.25) is 0 Å². The normalized spacial score (nSPS) is 10.6. The number of hydrogen-bond acceptors (Lipinski definition) is 1. The second kappa shape index (κ2) is 5.65. The topological polar surface area (TPSA) is 9.23 Å². The molecule has 0 aliphatic carbocycles. The lowest BCUT2D eigenvalue weighted by Crippen LogP contribution is -1.82. The van der Waals surface area contributed by atoms with Gasteiger partial charge in [-0.1, -0.05) is 24.3 Å². The highest BCUT2D eigenvalue weighted by atomic mass is 35.5. The zero-order valence-corrected chi connectivity index (χ0v) is 8.42. The smallest absolute Gasteiger partial charge is 0.119 e. The van der Waals surface area contributed by atoms with Crippen molar-refractivity contribution in [3.05, 3.63) is 35.9 Å². The molecule has 0 radical (unpaired) electrons. The van der Waals surface area contributed by atoms with E-state index in [0.29, 0.717) is 5.88 Å². The monoisotopic (exact) mass is 196 g/mol. The molecule has 2 heteroatoms. The molecule has 1 aromatic rings. The molecule has 1 nitrogen and oxygen atoms in total. The van der Waals surface area contributed by atoms with Crippen molar-refractivity contribution in [3.63, 3.8) is 0 Å².